The van der Waals surface area contributed by atoms with Gasteiger partial charge in [-0.05, 0) is 57.4 Å². The Kier molecular flexibility index (Phi) is 4.04. The van der Waals surface area contributed by atoms with E-state index in [0.717, 1.165) is 18.4 Å². The standard InChI is InChI=1S/C13H25NO/c1-10(12-5-6-12)9-14-11(2)8-13-4-3-7-15-13/h10-14H,3-9H2,1-2H3. The average molecular weight is 211 g/mol. The first kappa shape index (κ1) is 11.4. The largest absolute Gasteiger partial charge is 0.378 e. The molecule has 2 nitrogen and oxygen atoms in total. The van der Waals surface area contributed by atoms with Gasteiger partial charge in [0.15, 0.2) is 0 Å². The zero-order valence-corrected chi connectivity index (χ0v) is 10.2. The van der Waals surface area contributed by atoms with Gasteiger partial charge in [-0.15, -0.1) is 0 Å². The van der Waals surface area contributed by atoms with Crippen LogP contribution in [-0.4, -0.2) is 25.3 Å². The Morgan fingerprint density at radius 3 is 2.67 bits per heavy atom. The van der Waals surface area contributed by atoms with Gasteiger partial charge in [0, 0.05) is 12.6 Å². The Bertz CT molecular complexity index is 185. The van der Waals surface area contributed by atoms with Crippen LogP contribution in [0.3, 0.4) is 0 Å². The molecule has 1 heterocycles. The molecule has 3 unspecified atom stereocenters. The van der Waals surface area contributed by atoms with Crippen molar-refractivity contribution in [1.29, 1.82) is 0 Å². The van der Waals surface area contributed by atoms with E-state index in [9.17, 15) is 0 Å². The lowest BCUT2D eigenvalue weighted by atomic mass is 10.0. The molecule has 0 aromatic carbocycles. The fourth-order valence-corrected chi connectivity index (χ4v) is 2.53. The van der Waals surface area contributed by atoms with E-state index in [0.29, 0.717) is 12.1 Å². The Morgan fingerprint density at radius 1 is 1.27 bits per heavy atom. The van der Waals surface area contributed by atoms with E-state index in [1.165, 1.54) is 38.6 Å². The maximum Gasteiger partial charge on any atom is 0.0590 e. The van der Waals surface area contributed by atoms with E-state index >= 15 is 0 Å². The van der Waals surface area contributed by atoms with Gasteiger partial charge in [0.1, 0.15) is 0 Å². The summed E-state index contributed by atoms with van der Waals surface area (Å²) < 4.78 is 5.65. The lowest BCUT2D eigenvalue weighted by molar-refractivity contribution is 0.0958. The average Bonchev–Trinajstić information content (AvgIpc) is 2.95. The van der Waals surface area contributed by atoms with E-state index in [-0.39, 0.29) is 0 Å². The highest BCUT2D eigenvalue weighted by atomic mass is 16.5. The molecule has 1 saturated carbocycles. The predicted molar refractivity (Wildman–Crippen MR) is 62.9 cm³/mol. The molecule has 0 aromatic rings. The Labute approximate surface area is 93.8 Å². The van der Waals surface area contributed by atoms with E-state index in [1.807, 2.05) is 0 Å². The third-order valence-electron chi connectivity index (χ3n) is 3.86. The molecule has 3 atom stereocenters. The van der Waals surface area contributed by atoms with E-state index in [1.54, 1.807) is 0 Å². The van der Waals surface area contributed by atoms with Crippen LogP contribution in [0.15, 0.2) is 0 Å². The second kappa shape index (κ2) is 5.31. The first-order valence-electron chi connectivity index (χ1n) is 6.60. The monoisotopic (exact) mass is 211 g/mol. The summed E-state index contributed by atoms with van der Waals surface area (Å²) in [6.45, 7) is 6.85. The second-order valence-corrected chi connectivity index (χ2v) is 5.49. The fraction of sp³-hybridized carbons (Fsp3) is 1.00. The number of hydrogen-bond acceptors (Lipinski definition) is 2. The maximum absolute atomic E-state index is 5.65. The van der Waals surface area contributed by atoms with Gasteiger partial charge in [0.05, 0.1) is 6.10 Å². The molecule has 88 valence electrons. The zero-order chi connectivity index (χ0) is 10.7. The molecule has 0 amide bonds. The molecule has 1 aliphatic carbocycles. The number of hydrogen-bond donors (Lipinski definition) is 1. The third kappa shape index (κ3) is 3.76. The smallest absolute Gasteiger partial charge is 0.0590 e. The first-order chi connectivity index (χ1) is 7.25. The van der Waals surface area contributed by atoms with Crippen LogP contribution in [0, 0.1) is 11.8 Å². The van der Waals surface area contributed by atoms with Crippen LogP contribution in [0.5, 0.6) is 0 Å². The van der Waals surface area contributed by atoms with Crippen LogP contribution < -0.4 is 5.32 Å². The normalized spacial score (nSPS) is 30.4. The Balaban J connectivity index is 1.56. The lowest BCUT2D eigenvalue weighted by Gasteiger charge is -2.20. The molecule has 0 aromatic heterocycles. The lowest BCUT2D eigenvalue weighted by Crippen LogP contribution is -2.33. The molecule has 1 N–H and O–H groups in total. The van der Waals surface area contributed by atoms with Crippen molar-refractivity contribution >= 4 is 0 Å². The van der Waals surface area contributed by atoms with Crippen molar-refractivity contribution < 1.29 is 4.74 Å². The van der Waals surface area contributed by atoms with Crippen molar-refractivity contribution in [3.05, 3.63) is 0 Å². The SMILES string of the molecule is CC(CC1CCCO1)NCC(C)C1CC1. The summed E-state index contributed by atoms with van der Waals surface area (Å²) in [5, 5.41) is 3.65. The summed E-state index contributed by atoms with van der Waals surface area (Å²) in [7, 11) is 0. The highest BCUT2D eigenvalue weighted by Gasteiger charge is 2.28. The van der Waals surface area contributed by atoms with Crippen molar-refractivity contribution in [2.45, 2.75) is 58.1 Å². The summed E-state index contributed by atoms with van der Waals surface area (Å²) in [6, 6.07) is 0.620. The summed E-state index contributed by atoms with van der Waals surface area (Å²) in [5.74, 6) is 1.89. The molecule has 15 heavy (non-hydrogen) atoms. The fourth-order valence-electron chi connectivity index (χ4n) is 2.53. The van der Waals surface area contributed by atoms with Gasteiger partial charge in [-0.3, -0.25) is 0 Å². The molecule has 0 spiro atoms. The molecule has 2 heteroatoms. The Hall–Kier alpha value is -0.0800. The second-order valence-electron chi connectivity index (χ2n) is 5.49. The zero-order valence-electron chi connectivity index (χ0n) is 10.2. The third-order valence-corrected chi connectivity index (χ3v) is 3.86. The van der Waals surface area contributed by atoms with Crippen molar-refractivity contribution in [2.24, 2.45) is 11.8 Å². The topological polar surface area (TPSA) is 21.3 Å². The minimum absolute atomic E-state index is 0.531. The van der Waals surface area contributed by atoms with Gasteiger partial charge in [-0.2, -0.15) is 0 Å². The van der Waals surface area contributed by atoms with Crippen LogP contribution in [0.25, 0.3) is 0 Å². The van der Waals surface area contributed by atoms with Crippen LogP contribution in [0.2, 0.25) is 0 Å². The summed E-state index contributed by atoms with van der Waals surface area (Å²) in [6.07, 6.45) is 7.17. The highest BCUT2D eigenvalue weighted by Crippen LogP contribution is 2.36. The number of rotatable bonds is 6. The molecule has 1 saturated heterocycles. The van der Waals surface area contributed by atoms with Gasteiger partial charge >= 0.3 is 0 Å². The van der Waals surface area contributed by atoms with E-state index in [2.05, 4.69) is 19.2 Å². The first-order valence-corrected chi connectivity index (χ1v) is 6.60. The van der Waals surface area contributed by atoms with Crippen LogP contribution in [0.4, 0.5) is 0 Å². The molecule has 1 aliphatic heterocycles. The van der Waals surface area contributed by atoms with Crippen molar-refractivity contribution in [3.8, 4) is 0 Å². The van der Waals surface area contributed by atoms with Gasteiger partial charge in [0.2, 0.25) is 0 Å². The Morgan fingerprint density at radius 2 is 2.07 bits per heavy atom. The van der Waals surface area contributed by atoms with Crippen LogP contribution in [0.1, 0.15) is 46.0 Å². The molecule has 2 fully saturated rings. The minimum atomic E-state index is 0.531. The molecule has 2 rings (SSSR count). The minimum Gasteiger partial charge on any atom is -0.378 e. The predicted octanol–water partition coefficient (Wildman–Crippen LogP) is 2.58. The van der Waals surface area contributed by atoms with Crippen LogP contribution in [-0.2, 0) is 4.74 Å². The van der Waals surface area contributed by atoms with Crippen molar-refractivity contribution in [1.82, 2.24) is 5.32 Å². The summed E-state index contributed by atoms with van der Waals surface area (Å²) >= 11 is 0. The number of nitrogens with one attached hydrogen (secondary N) is 1. The van der Waals surface area contributed by atoms with Crippen molar-refractivity contribution in [3.63, 3.8) is 0 Å². The molecule has 2 aliphatic rings. The molecule has 0 radical (unpaired) electrons. The summed E-state index contributed by atoms with van der Waals surface area (Å²) in [5.41, 5.74) is 0. The van der Waals surface area contributed by atoms with Crippen LogP contribution >= 0.6 is 0 Å². The highest BCUT2D eigenvalue weighted by molar-refractivity contribution is 4.81. The van der Waals surface area contributed by atoms with Gasteiger partial charge in [-0.1, -0.05) is 6.92 Å². The van der Waals surface area contributed by atoms with E-state index in [4.69, 9.17) is 4.74 Å². The summed E-state index contributed by atoms with van der Waals surface area (Å²) in [4.78, 5) is 0. The van der Waals surface area contributed by atoms with Gasteiger partial charge in [-0.25, -0.2) is 0 Å². The van der Waals surface area contributed by atoms with Gasteiger partial charge in [0.25, 0.3) is 0 Å². The molecular formula is C13H25NO. The quantitative estimate of drug-likeness (QED) is 0.729. The van der Waals surface area contributed by atoms with Crippen molar-refractivity contribution in [2.75, 3.05) is 13.2 Å². The van der Waals surface area contributed by atoms with Gasteiger partial charge < -0.3 is 10.1 Å². The maximum atomic E-state index is 5.65. The number of ether oxygens (including phenoxy) is 1. The van der Waals surface area contributed by atoms with E-state index < -0.39 is 0 Å². The molecular weight excluding hydrogens is 186 g/mol. The molecule has 0 bridgehead atoms.